The first kappa shape index (κ1) is 20.1. The molecule has 2 N–H and O–H groups in total. The van der Waals surface area contributed by atoms with E-state index in [-0.39, 0.29) is 17.6 Å². The summed E-state index contributed by atoms with van der Waals surface area (Å²) in [5.41, 5.74) is 0.0173. The Morgan fingerprint density at radius 2 is 1.79 bits per heavy atom. The molecule has 0 aromatic rings. The van der Waals surface area contributed by atoms with E-state index in [4.69, 9.17) is 4.74 Å². The van der Waals surface area contributed by atoms with E-state index in [9.17, 15) is 9.90 Å². The highest BCUT2D eigenvalue weighted by molar-refractivity contribution is 5.68. The highest BCUT2D eigenvalue weighted by Gasteiger charge is 2.64. The molecule has 4 saturated carbocycles. The van der Waals surface area contributed by atoms with Crippen LogP contribution in [0.4, 0.5) is 4.79 Å². The molecule has 164 valence electrons. The van der Waals surface area contributed by atoms with Crippen molar-refractivity contribution in [1.29, 1.82) is 0 Å². The average molecular weight is 405 g/mol. The number of hydrogen-bond donors (Lipinski definition) is 2. The van der Waals surface area contributed by atoms with Gasteiger partial charge in [0.25, 0.3) is 0 Å². The highest BCUT2D eigenvalue weighted by Crippen LogP contribution is 2.67. The van der Waals surface area contributed by atoms with E-state index in [1.165, 1.54) is 32.1 Å². The molecule has 5 fully saturated rings. The van der Waals surface area contributed by atoms with Gasteiger partial charge in [-0.3, -0.25) is 0 Å². The molecule has 5 rings (SSSR count). The van der Waals surface area contributed by atoms with E-state index >= 15 is 0 Å². The Morgan fingerprint density at radius 3 is 2.59 bits per heavy atom. The number of fused-ring (bicyclic) bond motifs is 5. The quantitative estimate of drug-likeness (QED) is 0.695. The summed E-state index contributed by atoms with van der Waals surface area (Å²) in [5.74, 6) is 1.75. The molecule has 7 atom stereocenters. The van der Waals surface area contributed by atoms with Gasteiger partial charge in [-0.1, -0.05) is 13.8 Å². The molecule has 1 amide bonds. The van der Waals surface area contributed by atoms with Crippen molar-refractivity contribution < 1.29 is 14.6 Å². The third kappa shape index (κ3) is 3.05. The maximum absolute atomic E-state index is 12.6. The zero-order valence-corrected chi connectivity index (χ0v) is 18.4. The zero-order chi connectivity index (χ0) is 20.3. The van der Waals surface area contributed by atoms with Gasteiger partial charge in [-0.15, -0.1) is 0 Å². The maximum Gasteiger partial charge on any atom is 0.410 e. The first-order valence-electron chi connectivity index (χ1n) is 12.2. The molecule has 0 radical (unpaired) electrons. The summed E-state index contributed by atoms with van der Waals surface area (Å²) < 4.78 is 5.98. The second-order valence-electron chi connectivity index (χ2n) is 11.4. The summed E-state index contributed by atoms with van der Waals surface area (Å²) in [4.78, 5) is 14.4. The third-order valence-electron chi connectivity index (χ3n) is 10.2. The maximum atomic E-state index is 12.6. The van der Waals surface area contributed by atoms with E-state index in [1.54, 1.807) is 0 Å². The predicted octanol–water partition coefficient (Wildman–Crippen LogP) is 3.94. The third-order valence-corrected chi connectivity index (χ3v) is 10.2. The fraction of sp³-hybridized carbons (Fsp3) is 0.958. The number of amides is 1. The molecule has 1 aliphatic heterocycles. The number of carbonyl (C=O) groups excluding carboxylic acids is 1. The van der Waals surface area contributed by atoms with Crippen LogP contribution in [0.15, 0.2) is 0 Å². The summed E-state index contributed by atoms with van der Waals surface area (Å²) in [6.45, 7) is 8.11. The van der Waals surface area contributed by atoms with Gasteiger partial charge in [0, 0.05) is 26.2 Å². The fourth-order valence-electron chi connectivity index (χ4n) is 8.35. The monoisotopic (exact) mass is 404 g/mol. The zero-order valence-electron chi connectivity index (χ0n) is 18.4. The Morgan fingerprint density at radius 1 is 1.00 bits per heavy atom. The van der Waals surface area contributed by atoms with Gasteiger partial charge in [0.2, 0.25) is 0 Å². The minimum Gasteiger partial charge on any atom is -0.446 e. The minimum absolute atomic E-state index is 0.0791. The number of nitrogens with one attached hydrogen (secondary N) is 1. The second-order valence-corrected chi connectivity index (χ2v) is 11.4. The minimum atomic E-state index is -0.435. The first-order chi connectivity index (χ1) is 13.9. The van der Waals surface area contributed by atoms with Crippen molar-refractivity contribution in [2.45, 2.75) is 89.8 Å². The van der Waals surface area contributed by atoms with Crippen molar-refractivity contribution in [3.63, 3.8) is 0 Å². The molecule has 5 heteroatoms. The summed E-state index contributed by atoms with van der Waals surface area (Å²) in [6, 6.07) is 0. The Bertz CT molecular complexity index is 650. The number of nitrogens with zero attached hydrogens (tertiary/aromatic N) is 1. The highest BCUT2D eigenvalue weighted by atomic mass is 16.6. The second kappa shape index (κ2) is 7.12. The molecule has 0 aromatic carbocycles. The van der Waals surface area contributed by atoms with Crippen LogP contribution in [0.2, 0.25) is 0 Å². The molecule has 0 spiro atoms. The molecular formula is C24H40N2O3. The molecule has 5 nitrogen and oxygen atoms in total. The van der Waals surface area contributed by atoms with Gasteiger partial charge in [-0.25, -0.2) is 4.79 Å². The lowest BCUT2D eigenvalue weighted by Crippen LogP contribution is -2.61. The van der Waals surface area contributed by atoms with Gasteiger partial charge in [0.15, 0.2) is 0 Å². The van der Waals surface area contributed by atoms with Gasteiger partial charge >= 0.3 is 6.09 Å². The smallest absolute Gasteiger partial charge is 0.410 e. The number of hydrogen-bond acceptors (Lipinski definition) is 4. The summed E-state index contributed by atoms with van der Waals surface area (Å²) in [7, 11) is 0. The summed E-state index contributed by atoms with van der Waals surface area (Å²) >= 11 is 0. The van der Waals surface area contributed by atoms with E-state index in [0.717, 1.165) is 58.3 Å². The Kier molecular flexibility index (Phi) is 4.94. The SMILES string of the molecule is C[C@]12CC[C@H](OC(=O)N3CCNCC3)C[C@H]1CC[C@@H]1[C@@H]2CC[C@]2(C)CCC[C@]12O. The topological polar surface area (TPSA) is 61.8 Å². The summed E-state index contributed by atoms with van der Waals surface area (Å²) in [5, 5.41) is 15.1. The summed E-state index contributed by atoms with van der Waals surface area (Å²) in [6.07, 6.45) is 11.4. The van der Waals surface area contributed by atoms with Crippen LogP contribution in [0, 0.1) is 28.6 Å². The van der Waals surface area contributed by atoms with Crippen LogP contribution in [-0.4, -0.2) is 54.0 Å². The lowest BCUT2D eigenvalue weighted by molar-refractivity contribution is -0.202. The van der Waals surface area contributed by atoms with E-state index in [0.29, 0.717) is 23.2 Å². The normalized spacial score (nSPS) is 49.7. The van der Waals surface area contributed by atoms with Crippen molar-refractivity contribution in [1.82, 2.24) is 10.2 Å². The van der Waals surface area contributed by atoms with Crippen molar-refractivity contribution in [2.75, 3.05) is 26.2 Å². The molecule has 4 aliphatic carbocycles. The van der Waals surface area contributed by atoms with Gasteiger partial charge < -0.3 is 20.1 Å². The number of piperazine rings is 1. The molecule has 0 bridgehead atoms. The fourth-order valence-corrected chi connectivity index (χ4v) is 8.35. The Hall–Kier alpha value is -0.810. The lowest BCUT2D eigenvalue weighted by atomic mass is 9.44. The lowest BCUT2D eigenvalue weighted by Gasteiger charge is -2.63. The van der Waals surface area contributed by atoms with E-state index < -0.39 is 5.60 Å². The molecule has 1 heterocycles. The van der Waals surface area contributed by atoms with Crippen molar-refractivity contribution in [3.8, 4) is 0 Å². The van der Waals surface area contributed by atoms with E-state index in [2.05, 4.69) is 19.2 Å². The molecular weight excluding hydrogens is 364 g/mol. The van der Waals surface area contributed by atoms with Crippen LogP contribution < -0.4 is 5.32 Å². The van der Waals surface area contributed by atoms with Crippen LogP contribution >= 0.6 is 0 Å². The van der Waals surface area contributed by atoms with Crippen LogP contribution in [0.3, 0.4) is 0 Å². The number of rotatable bonds is 1. The van der Waals surface area contributed by atoms with Crippen molar-refractivity contribution in [2.24, 2.45) is 28.6 Å². The molecule has 29 heavy (non-hydrogen) atoms. The largest absolute Gasteiger partial charge is 0.446 e. The number of carbonyl (C=O) groups is 1. The van der Waals surface area contributed by atoms with Crippen LogP contribution in [0.25, 0.3) is 0 Å². The Balaban J connectivity index is 1.27. The number of aliphatic hydroxyl groups is 1. The van der Waals surface area contributed by atoms with Gasteiger partial charge in [-0.05, 0) is 92.8 Å². The van der Waals surface area contributed by atoms with Crippen LogP contribution in [0.1, 0.15) is 78.1 Å². The number of ether oxygens (including phenoxy) is 1. The first-order valence-corrected chi connectivity index (χ1v) is 12.2. The van der Waals surface area contributed by atoms with Crippen LogP contribution in [0.5, 0.6) is 0 Å². The van der Waals surface area contributed by atoms with Gasteiger partial charge in [0.05, 0.1) is 5.60 Å². The predicted molar refractivity (Wildman–Crippen MR) is 113 cm³/mol. The van der Waals surface area contributed by atoms with Crippen molar-refractivity contribution >= 4 is 6.09 Å². The van der Waals surface area contributed by atoms with Gasteiger partial charge in [0.1, 0.15) is 6.10 Å². The molecule has 5 aliphatic rings. The van der Waals surface area contributed by atoms with E-state index in [1.807, 2.05) is 4.90 Å². The van der Waals surface area contributed by atoms with Crippen molar-refractivity contribution in [3.05, 3.63) is 0 Å². The standard InChI is InChI=1S/C24H40N2O3/c1-22-8-3-9-24(22,28)20-5-4-17-16-18(6-11-23(17,2)19(20)7-10-22)29-21(27)26-14-12-25-13-15-26/h17-20,25,28H,3-16H2,1-2H3/t17-,18+,19+,20-,22+,23+,24+/m1/s1. The molecule has 0 aromatic heterocycles. The molecule has 1 saturated heterocycles. The molecule has 0 unspecified atom stereocenters. The van der Waals surface area contributed by atoms with Gasteiger partial charge in [-0.2, -0.15) is 0 Å². The van der Waals surface area contributed by atoms with Crippen LogP contribution in [-0.2, 0) is 4.74 Å². The average Bonchev–Trinajstić information content (AvgIpc) is 3.04. The Labute approximate surface area is 175 Å².